The van der Waals surface area contributed by atoms with Crippen LogP contribution in [0.2, 0.25) is 0 Å². The Balaban J connectivity index is 2.09. The Morgan fingerprint density at radius 2 is 1.74 bits per heavy atom. The molecular weight excluding hydrogens is 239 g/mol. The molecule has 0 aliphatic rings. The molecule has 0 aliphatic carbocycles. The zero-order valence-electron chi connectivity index (χ0n) is 11.3. The monoisotopic (exact) mass is 258 g/mol. The predicted octanol–water partition coefficient (Wildman–Crippen LogP) is 3.60. The second-order valence-electron chi connectivity index (χ2n) is 4.85. The van der Waals surface area contributed by atoms with Crippen LogP contribution in [0.15, 0.2) is 48.5 Å². The summed E-state index contributed by atoms with van der Waals surface area (Å²) in [5.74, 6) is -0.154. The van der Waals surface area contributed by atoms with Gasteiger partial charge in [-0.2, -0.15) is 0 Å². The highest BCUT2D eigenvalue weighted by Crippen LogP contribution is 2.23. The molecule has 0 bridgehead atoms. The number of rotatable bonds is 4. The molecule has 1 unspecified atom stereocenters. The molecule has 0 fully saturated rings. The molecule has 0 amide bonds. The second kappa shape index (κ2) is 5.85. The minimum absolute atomic E-state index is 0.0266. The number of halogens is 1. The van der Waals surface area contributed by atoms with Crippen molar-refractivity contribution < 1.29 is 4.39 Å². The molecule has 3 heteroatoms. The van der Waals surface area contributed by atoms with Crippen molar-refractivity contribution in [2.24, 2.45) is 0 Å². The highest BCUT2D eigenvalue weighted by Gasteiger charge is 2.15. The summed E-state index contributed by atoms with van der Waals surface area (Å²) < 4.78 is 13.7. The number of hydrogen-bond donors (Lipinski definition) is 1. The van der Waals surface area contributed by atoms with Crippen LogP contribution in [0.4, 0.5) is 10.1 Å². The van der Waals surface area contributed by atoms with Crippen LogP contribution in [0.1, 0.15) is 24.1 Å². The number of nitrogens with zero attached hydrogens (tertiary/aromatic N) is 1. The lowest BCUT2D eigenvalue weighted by atomic mass is 10.1. The van der Waals surface area contributed by atoms with E-state index in [0.717, 1.165) is 17.8 Å². The average Bonchev–Trinajstić information content (AvgIpc) is 2.41. The molecule has 0 aromatic heterocycles. The highest BCUT2D eigenvalue weighted by molar-refractivity contribution is 5.39. The lowest BCUT2D eigenvalue weighted by Crippen LogP contribution is -2.22. The van der Waals surface area contributed by atoms with Crippen molar-refractivity contribution in [3.63, 3.8) is 0 Å². The van der Waals surface area contributed by atoms with E-state index < -0.39 is 0 Å². The zero-order chi connectivity index (χ0) is 13.8. The fourth-order valence-corrected chi connectivity index (χ4v) is 2.10. The second-order valence-corrected chi connectivity index (χ2v) is 4.85. The fraction of sp³-hybridized carbons (Fsp3) is 0.250. The third-order valence-electron chi connectivity index (χ3n) is 3.43. The summed E-state index contributed by atoms with van der Waals surface area (Å²) >= 11 is 0. The van der Waals surface area contributed by atoms with Crippen molar-refractivity contribution in [1.29, 1.82) is 0 Å². The van der Waals surface area contributed by atoms with Crippen LogP contribution in [-0.4, -0.2) is 11.9 Å². The van der Waals surface area contributed by atoms with E-state index in [-0.39, 0.29) is 11.9 Å². The molecule has 0 spiro atoms. The molecule has 2 N–H and O–H groups in total. The van der Waals surface area contributed by atoms with Crippen LogP contribution in [0, 0.1) is 5.82 Å². The van der Waals surface area contributed by atoms with Gasteiger partial charge in [0.2, 0.25) is 0 Å². The van der Waals surface area contributed by atoms with E-state index in [9.17, 15) is 4.39 Å². The lowest BCUT2D eigenvalue weighted by Gasteiger charge is -2.25. The Morgan fingerprint density at radius 1 is 1.11 bits per heavy atom. The van der Waals surface area contributed by atoms with E-state index in [1.165, 1.54) is 11.6 Å². The molecule has 0 aliphatic heterocycles. The Morgan fingerprint density at radius 3 is 2.37 bits per heavy atom. The van der Waals surface area contributed by atoms with E-state index >= 15 is 0 Å². The predicted molar refractivity (Wildman–Crippen MR) is 77.1 cm³/mol. The van der Waals surface area contributed by atoms with Crippen LogP contribution in [0.25, 0.3) is 0 Å². The molecular formula is C16H19FN2. The molecule has 2 aromatic rings. The van der Waals surface area contributed by atoms with Crippen molar-refractivity contribution in [2.45, 2.75) is 19.5 Å². The summed E-state index contributed by atoms with van der Waals surface area (Å²) in [5.41, 5.74) is 8.31. The van der Waals surface area contributed by atoms with E-state index in [4.69, 9.17) is 5.73 Å². The summed E-state index contributed by atoms with van der Waals surface area (Å²) in [7, 11) is 1.99. The summed E-state index contributed by atoms with van der Waals surface area (Å²) in [6, 6.07) is 14.7. The third kappa shape index (κ3) is 3.32. The van der Waals surface area contributed by atoms with Crippen LogP contribution in [-0.2, 0) is 6.54 Å². The summed E-state index contributed by atoms with van der Waals surface area (Å²) in [6.07, 6.45) is 0. The smallest absolute Gasteiger partial charge is 0.127 e. The van der Waals surface area contributed by atoms with Crippen molar-refractivity contribution >= 4 is 5.69 Å². The minimum atomic E-state index is -0.154. The summed E-state index contributed by atoms with van der Waals surface area (Å²) in [5, 5.41) is 0. The van der Waals surface area contributed by atoms with Gasteiger partial charge in [0.15, 0.2) is 0 Å². The highest BCUT2D eigenvalue weighted by atomic mass is 19.1. The largest absolute Gasteiger partial charge is 0.399 e. The van der Waals surface area contributed by atoms with Crippen molar-refractivity contribution in [3.05, 3.63) is 65.5 Å². The molecule has 2 nitrogen and oxygen atoms in total. The van der Waals surface area contributed by atoms with Crippen LogP contribution in [0.3, 0.4) is 0 Å². The first-order valence-corrected chi connectivity index (χ1v) is 6.37. The van der Waals surface area contributed by atoms with Gasteiger partial charge in [0.1, 0.15) is 5.82 Å². The van der Waals surface area contributed by atoms with Crippen LogP contribution >= 0.6 is 0 Å². The first-order chi connectivity index (χ1) is 9.08. The Labute approximate surface area is 113 Å². The lowest BCUT2D eigenvalue weighted by molar-refractivity contribution is 0.248. The molecule has 0 saturated heterocycles. The SMILES string of the molecule is CC(c1ccccc1F)N(C)Cc1ccc(N)cc1. The van der Waals surface area contributed by atoms with Gasteiger partial charge >= 0.3 is 0 Å². The van der Waals surface area contributed by atoms with Crippen molar-refractivity contribution in [3.8, 4) is 0 Å². The van der Waals surface area contributed by atoms with Crippen LogP contribution < -0.4 is 5.73 Å². The van der Waals surface area contributed by atoms with Gasteiger partial charge in [-0.25, -0.2) is 4.39 Å². The maximum absolute atomic E-state index is 13.7. The Kier molecular flexibility index (Phi) is 4.17. The molecule has 1 atom stereocenters. The molecule has 2 rings (SSSR count). The Bertz CT molecular complexity index is 537. The standard InChI is InChI=1S/C16H19FN2/c1-12(15-5-3-4-6-16(15)17)19(2)11-13-7-9-14(18)10-8-13/h3-10,12H,11,18H2,1-2H3. The fourth-order valence-electron chi connectivity index (χ4n) is 2.10. The topological polar surface area (TPSA) is 29.3 Å². The average molecular weight is 258 g/mol. The molecule has 0 saturated carbocycles. The summed E-state index contributed by atoms with van der Waals surface area (Å²) in [4.78, 5) is 2.12. The normalized spacial score (nSPS) is 12.6. The summed E-state index contributed by atoms with van der Waals surface area (Å²) in [6.45, 7) is 2.77. The van der Waals surface area contributed by atoms with E-state index in [2.05, 4.69) is 4.90 Å². The van der Waals surface area contributed by atoms with Gasteiger partial charge in [0.25, 0.3) is 0 Å². The molecule has 19 heavy (non-hydrogen) atoms. The van der Waals surface area contributed by atoms with E-state index in [1.54, 1.807) is 6.07 Å². The number of anilines is 1. The maximum atomic E-state index is 13.7. The van der Waals surface area contributed by atoms with Gasteiger partial charge in [-0.1, -0.05) is 30.3 Å². The minimum Gasteiger partial charge on any atom is -0.399 e. The Hall–Kier alpha value is -1.87. The first-order valence-electron chi connectivity index (χ1n) is 6.37. The molecule has 100 valence electrons. The van der Waals surface area contributed by atoms with Gasteiger partial charge in [-0.05, 0) is 37.7 Å². The molecule has 0 heterocycles. The maximum Gasteiger partial charge on any atom is 0.127 e. The molecule has 2 aromatic carbocycles. The quantitative estimate of drug-likeness (QED) is 0.849. The van der Waals surface area contributed by atoms with Gasteiger partial charge in [0.05, 0.1) is 0 Å². The van der Waals surface area contributed by atoms with Gasteiger partial charge in [-0.15, -0.1) is 0 Å². The molecule has 0 radical (unpaired) electrons. The van der Waals surface area contributed by atoms with E-state index in [1.807, 2.05) is 50.4 Å². The zero-order valence-corrected chi connectivity index (χ0v) is 11.3. The van der Waals surface area contributed by atoms with Gasteiger partial charge < -0.3 is 5.73 Å². The van der Waals surface area contributed by atoms with Gasteiger partial charge in [0, 0.05) is 23.8 Å². The number of hydrogen-bond acceptors (Lipinski definition) is 2. The number of nitrogens with two attached hydrogens (primary N) is 1. The van der Waals surface area contributed by atoms with E-state index in [0.29, 0.717) is 0 Å². The number of benzene rings is 2. The third-order valence-corrected chi connectivity index (χ3v) is 3.43. The van der Waals surface area contributed by atoms with Gasteiger partial charge in [-0.3, -0.25) is 4.90 Å². The number of nitrogen functional groups attached to an aromatic ring is 1. The first kappa shape index (κ1) is 13.6. The van der Waals surface area contributed by atoms with Crippen molar-refractivity contribution in [1.82, 2.24) is 4.90 Å². The van der Waals surface area contributed by atoms with Crippen molar-refractivity contribution in [2.75, 3.05) is 12.8 Å². The van der Waals surface area contributed by atoms with Crippen LogP contribution in [0.5, 0.6) is 0 Å².